The van der Waals surface area contributed by atoms with Crippen LogP contribution in [0.5, 0.6) is 5.75 Å². The van der Waals surface area contributed by atoms with Crippen molar-refractivity contribution in [2.75, 3.05) is 6.61 Å². The van der Waals surface area contributed by atoms with Gasteiger partial charge in [0, 0.05) is 15.7 Å². The number of hydrogen-bond acceptors (Lipinski definition) is 3. The van der Waals surface area contributed by atoms with Crippen LogP contribution in [0.4, 0.5) is 5.69 Å². The molecule has 3 aromatic rings. The highest BCUT2D eigenvalue weighted by Crippen LogP contribution is 2.33. The smallest absolute Gasteiger partial charge is 0.129 e. The second-order valence-electron chi connectivity index (χ2n) is 4.32. The number of nitrogens with zero attached hydrogens (tertiary/aromatic N) is 4. The van der Waals surface area contributed by atoms with Crippen LogP contribution in [0.15, 0.2) is 47.6 Å². The second kappa shape index (κ2) is 5.07. The minimum atomic E-state index is 0.463. The molecule has 0 saturated heterocycles. The van der Waals surface area contributed by atoms with Crippen molar-refractivity contribution >= 4 is 27.5 Å². The minimum Gasteiger partial charge on any atom is -0.493 e. The highest BCUT2D eigenvalue weighted by atomic mass is 16.5. The van der Waals surface area contributed by atoms with Crippen LogP contribution >= 0.6 is 0 Å². The summed E-state index contributed by atoms with van der Waals surface area (Å²) in [5.74, 6) is 0.579. The molecule has 0 amide bonds. The van der Waals surface area contributed by atoms with E-state index in [1.54, 1.807) is 6.07 Å². The average molecular weight is 264 g/mol. The fourth-order valence-corrected chi connectivity index (χ4v) is 2.19. The fourth-order valence-electron chi connectivity index (χ4n) is 2.19. The molecule has 0 atom stereocenters. The summed E-state index contributed by atoms with van der Waals surface area (Å²) in [6, 6.07) is 13.6. The van der Waals surface area contributed by atoms with E-state index in [4.69, 9.17) is 10.3 Å². The molecule has 0 saturated carbocycles. The lowest BCUT2D eigenvalue weighted by molar-refractivity contribution is 0.342. The largest absolute Gasteiger partial charge is 0.493 e. The van der Waals surface area contributed by atoms with Gasteiger partial charge in [-0.1, -0.05) is 23.3 Å². The molecule has 0 radical (unpaired) electrons. The van der Waals surface area contributed by atoms with Gasteiger partial charge in [-0.25, -0.2) is 4.98 Å². The first-order valence-corrected chi connectivity index (χ1v) is 6.33. The Morgan fingerprint density at radius 3 is 2.80 bits per heavy atom. The Balaban J connectivity index is 2.31. The normalized spacial score (nSPS) is 10.4. The van der Waals surface area contributed by atoms with Gasteiger partial charge in [0.1, 0.15) is 5.75 Å². The molecule has 3 rings (SSSR count). The van der Waals surface area contributed by atoms with E-state index in [9.17, 15) is 0 Å². The third kappa shape index (κ3) is 2.11. The van der Waals surface area contributed by atoms with E-state index in [0.29, 0.717) is 18.0 Å². The molecule has 98 valence electrons. The molecule has 5 heteroatoms. The van der Waals surface area contributed by atoms with Gasteiger partial charge < -0.3 is 4.74 Å². The highest BCUT2D eigenvalue weighted by molar-refractivity contribution is 5.95. The third-order valence-corrected chi connectivity index (χ3v) is 3.05. The van der Waals surface area contributed by atoms with Crippen LogP contribution in [0.1, 0.15) is 6.92 Å². The molecule has 0 bridgehead atoms. The summed E-state index contributed by atoms with van der Waals surface area (Å²) in [6.07, 6.45) is 0. The number of azide groups is 1. The maximum absolute atomic E-state index is 8.64. The third-order valence-electron chi connectivity index (χ3n) is 3.05. The molecule has 0 fully saturated rings. The van der Waals surface area contributed by atoms with E-state index in [1.807, 2.05) is 37.3 Å². The summed E-state index contributed by atoms with van der Waals surface area (Å²) >= 11 is 0. The van der Waals surface area contributed by atoms with Gasteiger partial charge in [-0.15, -0.1) is 0 Å². The number of ether oxygens (including phenoxy) is 1. The Morgan fingerprint density at radius 1 is 1.15 bits per heavy atom. The van der Waals surface area contributed by atoms with Crippen LogP contribution in [0.3, 0.4) is 0 Å². The first-order valence-electron chi connectivity index (χ1n) is 6.33. The zero-order valence-electron chi connectivity index (χ0n) is 10.9. The van der Waals surface area contributed by atoms with Crippen molar-refractivity contribution in [2.24, 2.45) is 5.11 Å². The molecular weight excluding hydrogens is 252 g/mol. The summed E-state index contributed by atoms with van der Waals surface area (Å²) in [4.78, 5) is 7.42. The van der Waals surface area contributed by atoms with Crippen LogP contribution in [-0.4, -0.2) is 11.6 Å². The van der Waals surface area contributed by atoms with Crippen molar-refractivity contribution in [1.82, 2.24) is 4.98 Å². The van der Waals surface area contributed by atoms with Crippen molar-refractivity contribution in [1.29, 1.82) is 0 Å². The first-order chi connectivity index (χ1) is 9.81. The zero-order valence-corrected chi connectivity index (χ0v) is 10.9. The van der Waals surface area contributed by atoms with E-state index < -0.39 is 0 Å². The molecule has 1 aromatic heterocycles. The van der Waals surface area contributed by atoms with E-state index in [-0.39, 0.29) is 0 Å². The quantitative estimate of drug-likeness (QED) is 0.297. The van der Waals surface area contributed by atoms with E-state index in [0.717, 1.165) is 21.8 Å². The molecule has 0 N–H and O–H groups in total. The molecule has 2 aromatic carbocycles. The average Bonchev–Trinajstić information content (AvgIpc) is 2.46. The van der Waals surface area contributed by atoms with Crippen molar-refractivity contribution < 1.29 is 4.74 Å². The SMILES string of the molecule is CCOc1cc2cc3ccccc3nc2cc1N=[N+]=[N-]. The molecule has 0 spiro atoms. The number of fused-ring (bicyclic) bond motifs is 2. The predicted molar refractivity (Wildman–Crippen MR) is 79.2 cm³/mol. The van der Waals surface area contributed by atoms with E-state index >= 15 is 0 Å². The lowest BCUT2D eigenvalue weighted by Gasteiger charge is -2.09. The van der Waals surface area contributed by atoms with Gasteiger partial charge in [0.05, 0.1) is 23.3 Å². The minimum absolute atomic E-state index is 0.463. The fraction of sp³-hybridized carbons (Fsp3) is 0.133. The van der Waals surface area contributed by atoms with Gasteiger partial charge in [0.25, 0.3) is 0 Å². The lowest BCUT2D eigenvalue weighted by Crippen LogP contribution is -1.92. The van der Waals surface area contributed by atoms with Crippen LogP contribution in [0, 0.1) is 0 Å². The Bertz CT molecular complexity index is 838. The number of rotatable bonds is 3. The van der Waals surface area contributed by atoms with Gasteiger partial charge in [-0.2, -0.15) is 0 Å². The number of para-hydroxylation sites is 1. The van der Waals surface area contributed by atoms with Gasteiger partial charge in [0.2, 0.25) is 0 Å². The van der Waals surface area contributed by atoms with Gasteiger partial charge >= 0.3 is 0 Å². The Morgan fingerprint density at radius 2 is 2.00 bits per heavy atom. The lowest BCUT2D eigenvalue weighted by atomic mass is 10.1. The summed E-state index contributed by atoms with van der Waals surface area (Å²) in [5, 5.41) is 5.70. The number of benzene rings is 2. The Hall–Kier alpha value is -2.78. The first kappa shape index (κ1) is 12.3. The standard InChI is InChI=1S/C15H12N4O/c1-2-20-15-8-11-7-10-5-3-4-6-12(10)17-13(11)9-14(15)18-19-16/h3-9H,2H2,1H3. The second-order valence-corrected chi connectivity index (χ2v) is 4.32. The molecule has 5 nitrogen and oxygen atoms in total. The molecule has 1 heterocycles. The molecule has 20 heavy (non-hydrogen) atoms. The Kier molecular flexibility index (Phi) is 3.11. The van der Waals surface area contributed by atoms with Crippen molar-refractivity contribution in [2.45, 2.75) is 6.92 Å². The van der Waals surface area contributed by atoms with Crippen molar-refractivity contribution in [3.63, 3.8) is 0 Å². The van der Waals surface area contributed by atoms with E-state index in [2.05, 4.69) is 21.1 Å². The molecule has 0 aliphatic heterocycles. The van der Waals surface area contributed by atoms with Crippen molar-refractivity contribution in [3.8, 4) is 5.75 Å². The number of hydrogen-bond donors (Lipinski definition) is 0. The molecule has 0 aliphatic carbocycles. The van der Waals surface area contributed by atoms with E-state index in [1.165, 1.54) is 0 Å². The number of aromatic nitrogens is 1. The summed E-state index contributed by atoms with van der Waals surface area (Å²) in [7, 11) is 0. The summed E-state index contributed by atoms with van der Waals surface area (Å²) in [6.45, 7) is 2.41. The zero-order chi connectivity index (χ0) is 13.9. The molecule has 0 unspecified atom stereocenters. The summed E-state index contributed by atoms with van der Waals surface area (Å²) < 4.78 is 5.52. The van der Waals surface area contributed by atoms with Gasteiger partial charge in [-0.3, -0.25) is 0 Å². The number of pyridine rings is 1. The maximum Gasteiger partial charge on any atom is 0.129 e. The van der Waals surface area contributed by atoms with Crippen molar-refractivity contribution in [3.05, 3.63) is 52.9 Å². The maximum atomic E-state index is 8.64. The molecular formula is C15H12N4O. The summed E-state index contributed by atoms with van der Waals surface area (Å²) in [5.41, 5.74) is 10.8. The van der Waals surface area contributed by atoms with Crippen LogP contribution in [-0.2, 0) is 0 Å². The highest BCUT2D eigenvalue weighted by Gasteiger charge is 2.07. The van der Waals surface area contributed by atoms with Crippen LogP contribution < -0.4 is 4.74 Å². The van der Waals surface area contributed by atoms with Crippen LogP contribution in [0.2, 0.25) is 0 Å². The Labute approximate surface area is 115 Å². The van der Waals surface area contributed by atoms with Crippen LogP contribution in [0.25, 0.3) is 32.2 Å². The van der Waals surface area contributed by atoms with Gasteiger partial charge in [-0.05, 0) is 36.7 Å². The predicted octanol–water partition coefficient (Wildman–Crippen LogP) is 4.73. The molecule has 0 aliphatic rings. The monoisotopic (exact) mass is 264 g/mol. The van der Waals surface area contributed by atoms with Gasteiger partial charge in [0.15, 0.2) is 0 Å². The topological polar surface area (TPSA) is 70.9 Å².